The second kappa shape index (κ2) is 8.19. The largest absolute Gasteiger partial charge is 0.322 e. The van der Waals surface area contributed by atoms with Gasteiger partial charge in [-0.3, -0.25) is 9.59 Å². The Balaban J connectivity index is 1.68. The first-order chi connectivity index (χ1) is 13.5. The Hall–Kier alpha value is -3.91. The smallest absolute Gasteiger partial charge is 0.255 e. The van der Waals surface area contributed by atoms with Gasteiger partial charge in [0.1, 0.15) is 0 Å². The van der Waals surface area contributed by atoms with Crippen LogP contribution in [0.5, 0.6) is 0 Å². The number of nitrogens with one attached hydrogen (secondary N) is 2. The van der Waals surface area contributed by atoms with Crippen LogP contribution in [0.15, 0.2) is 66.7 Å². The normalized spacial score (nSPS) is 10.0. The third-order valence-corrected chi connectivity index (χ3v) is 4.32. The summed E-state index contributed by atoms with van der Waals surface area (Å²) in [6, 6.07) is 21.0. The number of carbonyl (C=O) groups is 2. The molecule has 2 amide bonds. The van der Waals surface area contributed by atoms with Crippen LogP contribution in [0, 0.1) is 25.2 Å². The zero-order valence-electron chi connectivity index (χ0n) is 15.6. The van der Waals surface area contributed by atoms with Gasteiger partial charge in [-0.05, 0) is 79.6 Å². The zero-order valence-corrected chi connectivity index (χ0v) is 15.6. The van der Waals surface area contributed by atoms with E-state index < -0.39 is 0 Å². The van der Waals surface area contributed by atoms with Crippen molar-refractivity contribution in [1.82, 2.24) is 0 Å². The summed E-state index contributed by atoms with van der Waals surface area (Å²) >= 11 is 0. The van der Waals surface area contributed by atoms with E-state index in [2.05, 4.69) is 10.6 Å². The predicted molar refractivity (Wildman–Crippen MR) is 109 cm³/mol. The summed E-state index contributed by atoms with van der Waals surface area (Å²) < 4.78 is 0. The third kappa shape index (κ3) is 4.43. The second-order valence-corrected chi connectivity index (χ2v) is 6.49. The fourth-order valence-corrected chi connectivity index (χ4v) is 2.67. The molecule has 138 valence electrons. The molecule has 0 unspecified atom stereocenters. The average molecular weight is 369 g/mol. The molecule has 0 saturated heterocycles. The van der Waals surface area contributed by atoms with Crippen molar-refractivity contribution < 1.29 is 9.59 Å². The number of benzene rings is 3. The standard InChI is InChI=1S/C23H19N3O2/c1-15-3-4-16(2)21(13-15)26-23(28)19-9-7-18(8-10-19)22(27)25-20-11-5-17(14-24)6-12-20/h3-13H,1-2H3,(H,25,27)(H,26,28). The first kappa shape index (κ1) is 18.9. The Kier molecular flexibility index (Phi) is 5.52. The van der Waals surface area contributed by atoms with E-state index in [9.17, 15) is 9.59 Å². The number of hydrogen-bond acceptors (Lipinski definition) is 3. The summed E-state index contributed by atoms with van der Waals surface area (Å²) in [4.78, 5) is 24.8. The molecule has 3 rings (SSSR count). The molecule has 5 heteroatoms. The summed E-state index contributed by atoms with van der Waals surface area (Å²) in [7, 11) is 0. The van der Waals surface area contributed by atoms with E-state index in [1.54, 1.807) is 48.5 Å². The summed E-state index contributed by atoms with van der Waals surface area (Å²) in [6.45, 7) is 3.90. The van der Waals surface area contributed by atoms with Crippen molar-refractivity contribution in [3.63, 3.8) is 0 Å². The van der Waals surface area contributed by atoms with Crippen LogP contribution in [0.4, 0.5) is 11.4 Å². The van der Waals surface area contributed by atoms with Gasteiger partial charge in [0, 0.05) is 22.5 Å². The lowest BCUT2D eigenvalue weighted by atomic mass is 10.1. The van der Waals surface area contributed by atoms with Gasteiger partial charge in [0.25, 0.3) is 11.8 Å². The fraction of sp³-hybridized carbons (Fsp3) is 0.0870. The lowest BCUT2D eigenvalue weighted by Gasteiger charge is -2.10. The predicted octanol–water partition coefficient (Wildman–Crippen LogP) is 4.68. The van der Waals surface area contributed by atoms with E-state index in [4.69, 9.17) is 5.26 Å². The molecule has 28 heavy (non-hydrogen) atoms. The number of carbonyl (C=O) groups excluding carboxylic acids is 2. The van der Waals surface area contributed by atoms with Crippen LogP contribution in [-0.4, -0.2) is 11.8 Å². The first-order valence-electron chi connectivity index (χ1n) is 8.76. The van der Waals surface area contributed by atoms with Crippen molar-refractivity contribution in [2.24, 2.45) is 0 Å². The van der Waals surface area contributed by atoms with Gasteiger partial charge in [0.15, 0.2) is 0 Å². The highest BCUT2D eigenvalue weighted by atomic mass is 16.2. The molecule has 3 aromatic rings. The number of anilines is 2. The maximum Gasteiger partial charge on any atom is 0.255 e. The van der Waals surface area contributed by atoms with Crippen LogP contribution in [0.2, 0.25) is 0 Å². The maximum atomic E-state index is 12.5. The van der Waals surface area contributed by atoms with Gasteiger partial charge in [-0.25, -0.2) is 0 Å². The topological polar surface area (TPSA) is 82.0 Å². The highest BCUT2D eigenvalue weighted by molar-refractivity contribution is 6.07. The lowest BCUT2D eigenvalue weighted by molar-refractivity contribution is 0.101. The highest BCUT2D eigenvalue weighted by Gasteiger charge is 2.11. The quantitative estimate of drug-likeness (QED) is 0.700. The lowest BCUT2D eigenvalue weighted by Crippen LogP contribution is -2.15. The number of hydrogen-bond donors (Lipinski definition) is 2. The van der Waals surface area contributed by atoms with Crippen molar-refractivity contribution in [3.05, 3.63) is 94.5 Å². The number of amides is 2. The Labute approximate surface area is 163 Å². The van der Waals surface area contributed by atoms with Crippen LogP contribution in [0.1, 0.15) is 37.4 Å². The summed E-state index contributed by atoms with van der Waals surface area (Å²) in [6.07, 6.45) is 0. The van der Waals surface area contributed by atoms with Crippen molar-refractivity contribution >= 4 is 23.2 Å². The Morgan fingerprint density at radius 2 is 1.36 bits per heavy atom. The molecule has 2 N–H and O–H groups in total. The molecule has 0 aromatic heterocycles. The van der Waals surface area contributed by atoms with Crippen molar-refractivity contribution in [2.75, 3.05) is 10.6 Å². The van der Waals surface area contributed by atoms with E-state index in [-0.39, 0.29) is 11.8 Å². The van der Waals surface area contributed by atoms with Crippen molar-refractivity contribution in [2.45, 2.75) is 13.8 Å². The zero-order chi connectivity index (χ0) is 20.1. The SMILES string of the molecule is Cc1ccc(C)c(NC(=O)c2ccc(C(=O)Nc3ccc(C#N)cc3)cc2)c1. The van der Waals surface area contributed by atoms with E-state index in [0.717, 1.165) is 16.8 Å². The van der Waals surface area contributed by atoms with E-state index in [0.29, 0.717) is 22.4 Å². The Bertz CT molecular complexity index is 1060. The number of rotatable bonds is 4. The Morgan fingerprint density at radius 1 is 0.786 bits per heavy atom. The molecule has 0 atom stereocenters. The molecule has 0 aliphatic carbocycles. The minimum atomic E-state index is -0.286. The molecule has 0 spiro atoms. The van der Waals surface area contributed by atoms with Crippen LogP contribution >= 0.6 is 0 Å². The molecule has 3 aromatic carbocycles. The van der Waals surface area contributed by atoms with Gasteiger partial charge in [0.05, 0.1) is 11.6 Å². The second-order valence-electron chi connectivity index (χ2n) is 6.49. The van der Waals surface area contributed by atoms with Crippen LogP contribution < -0.4 is 10.6 Å². The van der Waals surface area contributed by atoms with Crippen LogP contribution in [-0.2, 0) is 0 Å². The van der Waals surface area contributed by atoms with Gasteiger partial charge in [0.2, 0.25) is 0 Å². The Morgan fingerprint density at radius 3 is 1.93 bits per heavy atom. The summed E-state index contributed by atoms with van der Waals surface area (Å²) in [5.74, 6) is -0.515. The third-order valence-electron chi connectivity index (χ3n) is 4.32. The van der Waals surface area contributed by atoms with Crippen molar-refractivity contribution in [3.8, 4) is 6.07 Å². The molecule has 5 nitrogen and oxygen atoms in total. The maximum absolute atomic E-state index is 12.5. The number of nitrogens with zero attached hydrogens (tertiary/aromatic N) is 1. The van der Waals surface area contributed by atoms with Crippen molar-refractivity contribution in [1.29, 1.82) is 5.26 Å². The summed E-state index contributed by atoms with van der Waals surface area (Å²) in [5, 5.41) is 14.5. The summed E-state index contributed by atoms with van der Waals surface area (Å²) in [5.41, 5.74) is 4.85. The first-order valence-corrected chi connectivity index (χ1v) is 8.76. The van der Waals surface area contributed by atoms with Crippen LogP contribution in [0.25, 0.3) is 0 Å². The molecule has 0 heterocycles. The monoisotopic (exact) mass is 369 g/mol. The number of aryl methyl sites for hydroxylation is 2. The van der Waals surface area contributed by atoms with E-state index in [1.165, 1.54) is 0 Å². The van der Waals surface area contributed by atoms with Gasteiger partial charge in [-0.15, -0.1) is 0 Å². The molecule has 0 aliphatic rings. The molecule has 0 saturated carbocycles. The average Bonchev–Trinajstić information content (AvgIpc) is 2.71. The number of nitriles is 1. The highest BCUT2D eigenvalue weighted by Crippen LogP contribution is 2.18. The molecule has 0 radical (unpaired) electrons. The minimum Gasteiger partial charge on any atom is -0.322 e. The van der Waals surface area contributed by atoms with Gasteiger partial charge < -0.3 is 10.6 Å². The molecule has 0 aliphatic heterocycles. The van der Waals surface area contributed by atoms with Gasteiger partial charge in [-0.2, -0.15) is 5.26 Å². The molecular formula is C23H19N3O2. The van der Waals surface area contributed by atoms with Crippen LogP contribution in [0.3, 0.4) is 0 Å². The van der Waals surface area contributed by atoms with E-state index >= 15 is 0 Å². The van der Waals surface area contributed by atoms with Gasteiger partial charge >= 0.3 is 0 Å². The van der Waals surface area contributed by atoms with Gasteiger partial charge in [-0.1, -0.05) is 12.1 Å². The molecule has 0 bridgehead atoms. The molecule has 0 fully saturated rings. The fourth-order valence-electron chi connectivity index (χ4n) is 2.67. The van der Waals surface area contributed by atoms with E-state index in [1.807, 2.05) is 38.1 Å². The minimum absolute atomic E-state index is 0.229. The molecular weight excluding hydrogens is 350 g/mol.